The molecule has 0 saturated heterocycles. The summed E-state index contributed by atoms with van der Waals surface area (Å²) < 4.78 is 27.2. The topological polar surface area (TPSA) is 87.6 Å². The van der Waals surface area contributed by atoms with Crippen LogP contribution in [-0.4, -0.2) is 32.2 Å². The number of aryl methyl sites for hydroxylation is 1. The van der Waals surface area contributed by atoms with E-state index in [0.29, 0.717) is 5.56 Å². The minimum absolute atomic E-state index is 0.0166. The summed E-state index contributed by atoms with van der Waals surface area (Å²) in [6.45, 7) is 5.93. The standard InChI is InChI=1S/C23H29N3O3S/c1-4-16(2)21(23(27)24-17(3)14-15-18-10-6-5-7-11-18)25-22-19-12-8-9-13-20(19)30(28,29)26-22/h5-13,16-17,21H,4,14-15H2,1-3H3,(H,24,27)(H,25,26)/t16-,17?,21-/m0/s1. The van der Waals surface area contributed by atoms with E-state index in [4.69, 9.17) is 0 Å². The van der Waals surface area contributed by atoms with Crippen LogP contribution in [0.3, 0.4) is 0 Å². The number of hydrogen-bond acceptors (Lipinski definition) is 4. The van der Waals surface area contributed by atoms with Crippen LogP contribution in [-0.2, 0) is 21.2 Å². The van der Waals surface area contributed by atoms with E-state index in [-0.39, 0.29) is 28.6 Å². The first-order valence-corrected chi connectivity index (χ1v) is 11.8. The van der Waals surface area contributed by atoms with Gasteiger partial charge in [-0.3, -0.25) is 14.5 Å². The van der Waals surface area contributed by atoms with Gasteiger partial charge in [0.05, 0.1) is 4.90 Å². The smallest absolute Gasteiger partial charge is 0.263 e. The molecule has 0 aromatic heterocycles. The van der Waals surface area contributed by atoms with Crippen molar-refractivity contribution in [3.8, 4) is 0 Å². The van der Waals surface area contributed by atoms with Crippen molar-refractivity contribution in [3.05, 3.63) is 65.7 Å². The molecule has 3 atom stereocenters. The van der Waals surface area contributed by atoms with Gasteiger partial charge in [0.15, 0.2) is 0 Å². The van der Waals surface area contributed by atoms with Gasteiger partial charge in [-0.2, -0.15) is 0 Å². The van der Waals surface area contributed by atoms with Crippen LogP contribution in [0.1, 0.15) is 44.7 Å². The van der Waals surface area contributed by atoms with E-state index in [0.717, 1.165) is 19.3 Å². The van der Waals surface area contributed by atoms with E-state index in [1.54, 1.807) is 24.3 Å². The predicted molar refractivity (Wildman–Crippen MR) is 119 cm³/mol. The number of aliphatic imine (C=N–C) groups is 1. The molecule has 30 heavy (non-hydrogen) atoms. The van der Waals surface area contributed by atoms with Gasteiger partial charge in [0.2, 0.25) is 5.91 Å². The minimum atomic E-state index is -3.63. The van der Waals surface area contributed by atoms with E-state index in [1.165, 1.54) is 5.56 Å². The lowest BCUT2D eigenvalue weighted by molar-refractivity contribution is -0.123. The first kappa shape index (κ1) is 22.0. The Morgan fingerprint density at radius 2 is 1.73 bits per heavy atom. The third kappa shape index (κ3) is 5.08. The average Bonchev–Trinajstić information content (AvgIpc) is 3.01. The van der Waals surface area contributed by atoms with Gasteiger partial charge in [-0.05, 0) is 43.4 Å². The first-order valence-electron chi connectivity index (χ1n) is 10.4. The maximum absolute atomic E-state index is 13.0. The number of carbonyl (C=O) groups excluding carboxylic acids is 1. The molecule has 7 heteroatoms. The third-order valence-corrected chi connectivity index (χ3v) is 6.88. The Kier molecular flexibility index (Phi) is 6.92. The highest BCUT2D eigenvalue weighted by Gasteiger charge is 2.33. The number of fused-ring (bicyclic) bond motifs is 1. The Morgan fingerprint density at radius 3 is 2.43 bits per heavy atom. The van der Waals surface area contributed by atoms with Crippen LogP contribution in [0.15, 0.2) is 64.5 Å². The zero-order chi connectivity index (χ0) is 21.7. The van der Waals surface area contributed by atoms with Crippen LogP contribution in [0.2, 0.25) is 0 Å². The van der Waals surface area contributed by atoms with Crippen molar-refractivity contribution in [3.63, 3.8) is 0 Å². The maximum Gasteiger partial charge on any atom is 0.263 e. The van der Waals surface area contributed by atoms with E-state index in [1.807, 2.05) is 39.0 Å². The van der Waals surface area contributed by atoms with Gasteiger partial charge in [-0.1, -0.05) is 62.7 Å². The van der Waals surface area contributed by atoms with Gasteiger partial charge in [0.25, 0.3) is 10.0 Å². The summed E-state index contributed by atoms with van der Waals surface area (Å²) in [5.41, 5.74) is 1.74. The summed E-state index contributed by atoms with van der Waals surface area (Å²) in [5, 5.41) is 3.06. The molecule has 3 rings (SSSR count). The molecule has 0 saturated carbocycles. The number of rotatable bonds is 8. The Hall–Kier alpha value is -2.67. The van der Waals surface area contributed by atoms with Gasteiger partial charge >= 0.3 is 0 Å². The zero-order valence-electron chi connectivity index (χ0n) is 17.6. The normalized spacial score (nSPS) is 18.8. The largest absolute Gasteiger partial charge is 0.352 e. The molecular formula is C23H29N3O3S. The van der Waals surface area contributed by atoms with Gasteiger partial charge in [-0.25, -0.2) is 8.42 Å². The molecule has 1 heterocycles. The highest BCUT2D eigenvalue weighted by Crippen LogP contribution is 2.24. The number of carbonyl (C=O) groups is 1. The summed E-state index contributed by atoms with van der Waals surface area (Å²) in [5.74, 6) is 0.0278. The second-order valence-corrected chi connectivity index (χ2v) is 9.49. The fraction of sp³-hybridized carbons (Fsp3) is 0.391. The van der Waals surface area contributed by atoms with E-state index in [2.05, 4.69) is 27.2 Å². The lowest BCUT2D eigenvalue weighted by atomic mass is 9.98. The average molecular weight is 428 g/mol. The van der Waals surface area contributed by atoms with Crippen LogP contribution in [0.25, 0.3) is 0 Å². The number of hydrogen-bond donors (Lipinski definition) is 2. The molecule has 0 aliphatic carbocycles. The first-order chi connectivity index (χ1) is 14.3. The molecule has 0 bridgehead atoms. The highest BCUT2D eigenvalue weighted by atomic mass is 32.2. The molecule has 6 nitrogen and oxygen atoms in total. The molecule has 2 N–H and O–H groups in total. The van der Waals surface area contributed by atoms with Crippen molar-refractivity contribution in [2.45, 2.75) is 57.0 Å². The van der Waals surface area contributed by atoms with Gasteiger partial charge in [0, 0.05) is 11.6 Å². The van der Waals surface area contributed by atoms with Gasteiger partial charge < -0.3 is 5.32 Å². The van der Waals surface area contributed by atoms with Crippen molar-refractivity contribution in [1.82, 2.24) is 10.0 Å². The minimum Gasteiger partial charge on any atom is -0.352 e. The SMILES string of the molecule is CC[C@H](C)[C@H](N=C1NS(=O)(=O)c2ccccc21)C(=O)NC(C)CCc1ccccc1. The monoisotopic (exact) mass is 427 g/mol. The van der Waals surface area contributed by atoms with Crippen molar-refractivity contribution < 1.29 is 13.2 Å². The van der Waals surface area contributed by atoms with Gasteiger partial charge in [0.1, 0.15) is 11.9 Å². The number of sulfonamides is 1. The van der Waals surface area contributed by atoms with Crippen LogP contribution < -0.4 is 10.0 Å². The number of amides is 1. The Balaban J connectivity index is 1.75. The van der Waals surface area contributed by atoms with E-state index in [9.17, 15) is 13.2 Å². The molecule has 2 aromatic carbocycles. The summed E-state index contributed by atoms with van der Waals surface area (Å²) in [4.78, 5) is 17.8. The van der Waals surface area contributed by atoms with Crippen LogP contribution >= 0.6 is 0 Å². The molecule has 0 fully saturated rings. The molecule has 160 valence electrons. The van der Waals surface area contributed by atoms with E-state index < -0.39 is 16.1 Å². The van der Waals surface area contributed by atoms with Gasteiger partial charge in [-0.15, -0.1) is 0 Å². The molecule has 1 unspecified atom stereocenters. The fourth-order valence-corrected chi connectivity index (χ4v) is 4.70. The molecule has 0 radical (unpaired) electrons. The maximum atomic E-state index is 13.0. The van der Waals surface area contributed by atoms with Crippen molar-refractivity contribution >= 4 is 21.8 Å². The van der Waals surface area contributed by atoms with Crippen molar-refractivity contribution in [2.75, 3.05) is 0 Å². The molecule has 1 amide bonds. The third-order valence-electron chi connectivity index (χ3n) is 5.48. The Bertz CT molecular complexity index is 1020. The number of nitrogens with zero attached hydrogens (tertiary/aromatic N) is 1. The number of nitrogens with one attached hydrogen (secondary N) is 2. The van der Waals surface area contributed by atoms with Crippen LogP contribution in [0.5, 0.6) is 0 Å². The highest BCUT2D eigenvalue weighted by molar-refractivity contribution is 7.90. The number of amidine groups is 1. The lowest BCUT2D eigenvalue weighted by Gasteiger charge is -2.22. The van der Waals surface area contributed by atoms with Crippen molar-refractivity contribution in [2.24, 2.45) is 10.9 Å². The zero-order valence-corrected chi connectivity index (χ0v) is 18.4. The summed E-state index contributed by atoms with van der Waals surface area (Å²) in [7, 11) is -3.63. The molecular weight excluding hydrogens is 398 g/mol. The predicted octanol–water partition coefficient (Wildman–Crippen LogP) is 3.28. The quantitative estimate of drug-likeness (QED) is 0.678. The second kappa shape index (κ2) is 9.43. The summed E-state index contributed by atoms with van der Waals surface area (Å²) in [6, 6.07) is 16.2. The van der Waals surface area contributed by atoms with Crippen LogP contribution in [0, 0.1) is 5.92 Å². The Morgan fingerprint density at radius 1 is 1.07 bits per heavy atom. The molecule has 1 aliphatic heterocycles. The molecule has 2 aromatic rings. The number of benzene rings is 2. The molecule has 0 spiro atoms. The van der Waals surface area contributed by atoms with Crippen molar-refractivity contribution in [1.29, 1.82) is 0 Å². The summed E-state index contributed by atoms with van der Waals surface area (Å²) in [6.07, 6.45) is 2.44. The van der Waals surface area contributed by atoms with E-state index >= 15 is 0 Å². The fourth-order valence-electron chi connectivity index (χ4n) is 3.46. The van der Waals surface area contributed by atoms with Crippen LogP contribution in [0.4, 0.5) is 0 Å². The lowest BCUT2D eigenvalue weighted by Crippen LogP contribution is -2.43. The molecule has 1 aliphatic rings. The summed E-state index contributed by atoms with van der Waals surface area (Å²) >= 11 is 0. The second-order valence-electron chi connectivity index (χ2n) is 7.84. The Labute approximate surface area is 178 Å².